The third kappa shape index (κ3) is 2.97. The lowest BCUT2D eigenvalue weighted by Crippen LogP contribution is -2.39. The van der Waals surface area contributed by atoms with Gasteiger partial charge in [-0.1, -0.05) is 6.07 Å². The van der Waals surface area contributed by atoms with Gasteiger partial charge in [0.25, 0.3) is 5.91 Å². The van der Waals surface area contributed by atoms with E-state index in [1.54, 1.807) is 10.7 Å². The standard InChI is InChI=1S/C17H20N4O3/c1-9-5-6-13-12(7-9)18-17(23)14(24-13)8-15(22)19-16-10(2)20-21(4)11(16)3/h5-7,14H,8H2,1-4H3,(H,18,23)(H,19,22). The lowest BCUT2D eigenvalue weighted by molar-refractivity contribution is -0.128. The van der Waals surface area contributed by atoms with Crippen LogP contribution in [-0.2, 0) is 16.6 Å². The molecule has 0 aliphatic carbocycles. The van der Waals surface area contributed by atoms with Gasteiger partial charge in [0.1, 0.15) is 5.75 Å². The molecule has 3 rings (SSSR count). The van der Waals surface area contributed by atoms with E-state index in [2.05, 4.69) is 15.7 Å². The van der Waals surface area contributed by atoms with Gasteiger partial charge in [0.2, 0.25) is 5.91 Å². The number of rotatable bonds is 3. The maximum atomic E-state index is 12.3. The molecule has 0 spiro atoms. The molecule has 2 aromatic rings. The molecule has 0 saturated heterocycles. The van der Waals surface area contributed by atoms with Crippen LogP contribution in [0.1, 0.15) is 23.4 Å². The van der Waals surface area contributed by atoms with Gasteiger partial charge < -0.3 is 15.4 Å². The summed E-state index contributed by atoms with van der Waals surface area (Å²) in [5.74, 6) is -0.0282. The summed E-state index contributed by atoms with van der Waals surface area (Å²) in [6, 6.07) is 5.53. The van der Waals surface area contributed by atoms with Crippen LogP contribution in [0.25, 0.3) is 0 Å². The monoisotopic (exact) mass is 328 g/mol. The first-order valence-corrected chi connectivity index (χ1v) is 7.73. The highest BCUT2D eigenvalue weighted by atomic mass is 16.5. The molecule has 2 amide bonds. The number of hydrogen-bond donors (Lipinski definition) is 2. The Hall–Kier alpha value is -2.83. The quantitative estimate of drug-likeness (QED) is 0.903. The van der Waals surface area contributed by atoms with Gasteiger partial charge in [0.05, 0.1) is 29.2 Å². The third-order valence-corrected chi connectivity index (χ3v) is 4.10. The second kappa shape index (κ2) is 5.99. The number of nitrogens with one attached hydrogen (secondary N) is 2. The van der Waals surface area contributed by atoms with Gasteiger partial charge in [-0.25, -0.2) is 0 Å². The molecule has 2 N–H and O–H groups in total. The number of carbonyl (C=O) groups excluding carboxylic acids is 2. The smallest absolute Gasteiger partial charge is 0.266 e. The fourth-order valence-electron chi connectivity index (χ4n) is 2.71. The maximum absolute atomic E-state index is 12.3. The number of amides is 2. The molecule has 0 bridgehead atoms. The Kier molecular flexibility index (Phi) is 4.01. The summed E-state index contributed by atoms with van der Waals surface area (Å²) in [5, 5.41) is 9.86. The summed E-state index contributed by atoms with van der Waals surface area (Å²) in [7, 11) is 1.81. The summed E-state index contributed by atoms with van der Waals surface area (Å²) in [6.45, 7) is 5.63. The summed E-state index contributed by atoms with van der Waals surface area (Å²) in [5.41, 5.74) is 3.93. The molecule has 0 radical (unpaired) electrons. The minimum atomic E-state index is -0.850. The fraction of sp³-hybridized carbons (Fsp3) is 0.353. The lowest BCUT2D eigenvalue weighted by atomic mass is 10.1. The minimum Gasteiger partial charge on any atom is -0.478 e. The van der Waals surface area contributed by atoms with Crippen molar-refractivity contribution in [3.05, 3.63) is 35.2 Å². The molecule has 0 fully saturated rings. The van der Waals surface area contributed by atoms with E-state index in [9.17, 15) is 9.59 Å². The normalized spacial score (nSPS) is 16.2. The summed E-state index contributed by atoms with van der Waals surface area (Å²) in [6.07, 6.45) is -0.912. The molecule has 1 aromatic heterocycles. The van der Waals surface area contributed by atoms with Crippen molar-refractivity contribution >= 4 is 23.2 Å². The van der Waals surface area contributed by atoms with Gasteiger partial charge in [-0.15, -0.1) is 0 Å². The van der Waals surface area contributed by atoms with E-state index >= 15 is 0 Å². The fourth-order valence-corrected chi connectivity index (χ4v) is 2.71. The Bertz CT molecular complexity index is 825. The molecule has 1 aliphatic rings. The number of hydrogen-bond acceptors (Lipinski definition) is 4. The molecule has 1 unspecified atom stereocenters. The maximum Gasteiger partial charge on any atom is 0.266 e. The zero-order valence-corrected chi connectivity index (χ0v) is 14.1. The zero-order valence-electron chi connectivity index (χ0n) is 14.1. The number of carbonyl (C=O) groups is 2. The highest BCUT2D eigenvalue weighted by Gasteiger charge is 2.30. The number of ether oxygens (including phenoxy) is 1. The Morgan fingerprint density at radius 2 is 2.12 bits per heavy atom. The number of nitrogens with zero attached hydrogens (tertiary/aromatic N) is 2. The van der Waals surface area contributed by atoms with Crippen molar-refractivity contribution in [2.45, 2.75) is 33.3 Å². The molecule has 24 heavy (non-hydrogen) atoms. The van der Waals surface area contributed by atoms with E-state index < -0.39 is 6.10 Å². The van der Waals surface area contributed by atoms with Crippen molar-refractivity contribution in [1.82, 2.24) is 9.78 Å². The summed E-state index contributed by atoms with van der Waals surface area (Å²) in [4.78, 5) is 24.5. The van der Waals surface area contributed by atoms with Crippen molar-refractivity contribution in [2.75, 3.05) is 10.6 Å². The van der Waals surface area contributed by atoms with Crippen LogP contribution >= 0.6 is 0 Å². The molecular weight excluding hydrogens is 308 g/mol. The van der Waals surface area contributed by atoms with Gasteiger partial charge in [0, 0.05) is 7.05 Å². The van der Waals surface area contributed by atoms with Crippen LogP contribution in [-0.4, -0.2) is 27.7 Å². The van der Waals surface area contributed by atoms with Crippen LogP contribution in [0, 0.1) is 20.8 Å². The topological polar surface area (TPSA) is 85.3 Å². The SMILES string of the molecule is Cc1ccc2c(c1)NC(=O)C(CC(=O)Nc1c(C)nn(C)c1C)O2. The Morgan fingerprint density at radius 3 is 2.79 bits per heavy atom. The first-order chi connectivity index (χ1) is 11.3. The second-order valence-corrected chi connectivity index (χ2v) is 6.02. The predicted octanol–water partition coefficient (Wildman–Crippen LogP) is 2.07. The number of aromatic nitrogens is 2. The number of benzene rings is 1. The van der Waals surface area contributed by atoms with Crippen molar-refractivity contribution < 1.29 is 14.3 Å². The Morgan fingerprint density at radius 1 is 1.38 bits per heavy atom. The molecule has 2 heterocycles. The van der Waals surface area contributed by atoms with E-state index in [-0.39, 0.29) is 18.2 Å². The van der Waals surface area contributed by atoms with Gasteiger partial charge in [-0.05, 0) is 38.5 Å². The molecule has 1 aliphatic heterocycles. The van der Waals surface area contributed by atoms with Crippen LogP contribution in [0.4, 0.5) is 11.4 Å². The molecule has 0 saturated carbocycles. The first-order valence-electron chi connectivity index (χ1n) is 7.73. The number of aryl methyl sites for hydroxylation is 3. The summed E-state index contributed by atoms with van der Waals surface area (Å²) >= 11 is 0. The highest BCUT2D eigenvalue weighted by Crippen LogP contribution is 2.31. The summed E-state index contributed by atoms with van der Waals surface area (Å²) < 4.78 is 7.38. The van der Waals surface area contributed by atoms with Gasteiger partial charge in [-0.2, -0.15) is 5.10 Å². The predicted molar refractivity (Wildman–Crippen MR) is 90.2 cm³/mol. The van der Waals surface area contributed by atoms with Crippen LogP contribution in [0.2, 0.25) is 0 Å². The molecule has 126 valence electrons. The third-order valence-electron chi connectivity index (χ3n) is 4.10. The van der Waals surface area contributed by atoms with Crippen LogP contribution in [0.5, 0.6) is 5.75 Å². The van der Waals surface area contributed by atoms with E-state index in [0.29, 0.717) is 17.1 Å². The van der Waals surface area contributed by atoms with E-state index in [1.165, 1.54) is 0 Å². The number of anilines is 2. The minimum absolute atomic E-state index is 0.0626. The van der Waals surface area contributed by atoms with E-state index in [1.807, 2.05) is 40.0 Å². The zero-order chi connectivity index (χ0) is 17.4. The van der Waals surface area contributed by atoms with E-state index in [0.717, 1.165) is 17.0 Å². The molecular formula is C17H20N4O3. The average molecular weight is 328 g/mol. The van der Waals surface area contributed by atoms with Crippen molar-refractivity contribution in [2.24, 2.45) is 7.05 Å². The van der Waals surface area contributed by atoms with Crippen LogP contribution in [0.3, 0.4) is 0 Å². The van der Waals surface area contributed by atoms with Crippen LogP contribution < -0.4 is 15.4 Å². The van der Waals surface area contributed by atoms with E-state index in [4.69, 9.17) is 4.74 Å². The Balaban J connectivity index is 1.71. The van der Waals surface area contributed by atoms with Crippen molar-refractivity contribution in [3.63, 3.8) is 0 Å². The van der Waals surface area contributed by atoms with Crippen molar-refractivity contribution in [1.29, 1.82) is 0 Å². The molecule has 1 atom stereocenters. The molecule has 7 heteroatoms. The van der Waals surface area contributed by atoms with Gasteiger partial charge >= 0.3 is 0 Å². The van der Waals surface area contributed by atoms with Crippen LogP contribution in [0.15, 0.2) is 18.2 Å². The van der Waals surface area contributed by atoms with Crippen molar-refractivity contribution in [3.8, 4) is 5.75 Å². The lowest BCUT2D eigenvalue weighted by Gasteiger charge is -2.25. The highest BCUT2D eigenvalue weighted by molar-refractivity contribution is 6.02. The Labute approximate surface area is 140 Å². The largest absolute Gasteiger partial charge is 0.478 e. The first kappa shape index (κ1) is 16.0. The number of fused-ring (bicyclic) bond motifs is 1. The second-order valence-electron chi connectivity index (χ2n) is 6.02. The molecule has 1 aromatic carbocycles. The molecule has 7 nitrogen and oxygen atoms in total. The average Bonchev–Trinajstić information content (AvgIpc) is 2.75. The van der Waals surface area contributed by atoms with Gasteiger partial charge in [-0.3, -0.25) is 14.3 Å². The van der Waals surface area contributed by atoms with Gasteiger partial charge in [0.15, 0.2) is 6.10 Å².